The fourth-order valence-corrected chi connectivity index (χ4v) is 1.90. The van der Waals surface area contributed by atoms with Crippen molar-refractivity contribution in [3.05, 3.63) is 69.7 Å². The molecule has 23 heavy (non-hydrogen) atoms. The number of rotatable bonds is 7. The highest BCUT2D eigenvalue weighted by Crippen LogP contribution is 2.21. The number of ether oxygens (including phenoxy) is 1. The Labute approximate surface area is 135 Å². The number of carbonyl (C=O) groups is 1. The maximum absolute atomic E-state index is 11.0. The van der Waals surface area contributed by atoms with E-state index in [1.807, 2.05) is 0 Å². The number of benzene rings is 2. The molecule has 0 aromatic heterocycles. The molecule has 0 spiro atoms. The fraction of sp³-hybridized carbons (Fsp3) is 0.188. The van der Waals surface area contributed by atoms with Crippen LogP contribution in [0.2, 0.25) is 0 Å². The van der Waals surface area contributed by atoms with Crippen molar-refractivity contribution in [3.63, 3.8) is 0 Å². The van der Waals surface area contributed by atoms with Gasteiger partial charge in [-0.15, -0.1) is 0 Å². The molecule has 0 saturated heterocycles. The summed E-state index contributed by atoms with van der Waals surface area (Å²) < 4.78 is 21.3. The summed E-state index contributed by atoms with van der Waals surface area (Å²) in [6.45, 7) is -0.164. The molecule has 0 radical (unpaired) electrons. The van der Waals surface area contributed by atoms with Gasteiger partial charge in [0.05, 0.1) is 13.2 Å². The Morgan fingerprint density at radius 3 is 2.61 bits per heavy atom. The fourth-order valence-electron chi connectivity index (χ4n) is 1.90. The molecule has 120 valence electrons. The lowest BCUT2D eigenvalue weighted by Gasteiger charge is -2.09. The molecular formula is C16H16N2O5. The molecule has 3 N–H and O–H groups in total. The van der Waals surface area contributed by atoms with Crippen LogP contribution in [0.3, 0.4) is 0 Å². The third-order valence-corrected chi connectivity index (χ3v) is 3.11. The second-order valence-electron chi connectivity index (χ2n) is 4.80. The number of nitrogens with zero attached hydrogens (tertiary/aromatic N) is 1. The summed E-state index contributed by atoms with van der Waals surface area (Å²) in [6.07, 6.45) is -0.0163. The van der Waals surface area contributed by atoms with Crippen molar-refractivity contribution >= 4 is 11.7 Å². The molecule has 2 rings (SSSR count). The maximum Gasteiger partial charge on any atom is 0.320 e. The predicted octanol–water partition coefficient (Wildman–Crippen LogP) is 2.13. The maximum atomic E-state index is 11.0. The smallest absolute Gasteiger partial charge is 0.320 e. The number of carboxylic acid groups (broad SMARTS) is 1. The summed E-state index contributed by atoms with van der Waals surface area (Å²) in [4.78, 5) is 21.2. The van der Waals surface area contributed by atoms with E-state index >= 15 is 0 Å². The minimum absolute atomic E-state index is 0.0163. The Bertz CT molecular complexity index is 790. The molecule has 0 aliphatic heterocycles. The van der Waals surface area contributed by atoms with Crippen LogP contribution in [-0.4, -0.2) is 22.0 Å². The van der Waals surface area contributed by atoms with Crippen molar-refractivity contribution in [3.8, 4) is 5.75 Å². The van der Waals surface area contributed by atoms with Gasteiger partial charge in [-0.3, -0.25) is 14.9 Å². The highest BCUT2D eigenvalue weighted by Gasteiger charge is 2.13. The summed E-state index contributed by atoms with van der Waals surface area (Å²) >= 11 is 0. The van der Waals surface area contributed by atoms with Gasteiger partial charge in [-0.2, -0.15) is 0 Å². The normalized spacial score (nSPS) is 12.9. The van der Waals surface area contributed by atoms with Crippen LogP contribution in [0.5, 0.6) is 5.75 Å². The Morgan fingerprint density at radius 2 is 2.00 bits per heavy atom. The Balaban J connectivity index is 2.18. The van der Waals surface area contributed by atoms with E-state index in [1.54, 1.807) is 6.07 Å². The topological polar surface area (TPSA) is 116 Å². The van der Waals surface area contributed by atoms with Crippen molar-refractivity contribution in [1.82, 2.24) is 0 Å². The number of carboxylic acids is 1. The Kier molecular flexibility index (Phi) is 4.39. The lowest BCUT2D eigenvalue weighted by atomic mass is 10.1. The summed E-state index contributed by atoms with van der Waals surface area (Å²) in [6, 6.07) is 7.43. The van der Waals surface area contributed by atoms with E-state index in [4.69, 9.17) is 18.3 Å². The van der Waals surface area contributed by atoms with Crippen LogP contribution in [-0.2, 0) is 17.8 Å². The first kappa shape index (κ1) is 13.7. The summed E-state index contributed by atoms with van der Waals surface area (Å²) in [5, 5.41) is 19.8. The van der Waals surface area contributed by atoms with Crippen LogP contribution < -0.4 is 10.5 Å². The minimum Gasteiger partial charge on any atom is -0.489 e. The third kappa shape index (κ3) is 4.52. The number of nitro groups is 1. The van der Waals surface area contributed by atoms with Crippen LogP contribution in [0, 0.1) is 10.1 Å². The van der Waals surface area contributed by atoms with Crippen LogP contribution in [0.1, 0.15) is 13.9 Å². The minimum atomic E-state index is -1.17. The van der Waals surface area contributed by atoms with Gasteiger partial charge in [0, 0.05) is 6.07 Å². The van der Waals surface area contributed by atoms with E-state index in [1.165, 1.54) is 30.3 Å². The number of nitrogens with two attached hydrogens (primary N) is 1. The van der Waals surface area contributed by atoms with Gasteiger partial charge < -0.3 is 15.6 Å². The molecular weight excluding hydrogens is 300 g/mol. The van der Waals surface area contributed by atoms with Crippen LogP contribution in [0.25, 0.3) is 0 Å². The zero-order chi connectivity index (χ0) is 18.6. The molecule has 0 aliphatic carbocycles. The van der Waals surface area contributed by atoms with Crippen molar-refractivity contribution in [2.45, 2.75) is 19.1 Å². The van der Waals surface area contributed by atoms with E-state index < -0.39 is 16.9 Å². The van der Waals surface area contributed by atoms with E-state index in [2.05, 4.69) is 0 Å². The molecule has 0 unspecified atom stereocenters. The van der Waals surface area contributed by atoms with Gasteiger partial charge >= 0.3 is 5.97 Å². The lowest BCUT2D eigenvalue weighted by Crippen LogP contribution is -2.32. The van der Waals surface area contributed by atoms with Gasteiger partial charge in [0.15, 0.2) is 0 Å². The van der Waals surface area contributed by atoms with Crippen molar-refractivity contribution < 1.29 is 22.3 Å². The number of para-hydroxylation sites is 1. The first-order valence-corrected chi connectivity index (χ1v) is 6.73. The molecule has 2 aromatic rings. The lowest BCUT2D eigenvalue weighted by molar-refractivity contribution is -0.385. The van der Waals surface area contributed by atoms with Crippen LogP contribution in [0.15, 0.2) is 48.5 Å². The van der Waals surface area contributed by atoms with Gasteiger partial charge in [0.25, 0.3) is 5.69 Å². The van der Waals surface area contributed by atoms with Gasteiger partial charge in [-0.1, -0.05) is 24.3 Å². The summed E-state index contributed by atoms with van der Waals surface area (Å²) in [7, 11) is 0. The third-order valence-electron chi connectivity index (χ3n) is 3.11. The SMILES string of the molecule is [2H]c1cc(C[C@H](N)C(=O)O)cc([2H])c1OCc1ccccc1[N+](=O)[O-]. The highest BCUT2D eigenvalue weighted by molar-refractivity contribution is 5.73. The molecule has 0 amide bonds. The quantitative estimate of drug-likeness (QED) is 0.597. The summed E-state index contributed by atoms with van der Waals surface area (Å²) in [5.74, 6) is -1.21. The average molecular weight is 318 g/mol. The van der Waals surface area contributed by atoms with E-state index in [9.17, 15) is 14.9 Å². The first-order chi connectivity index (χ1) is 11.8. The summed E-state index contributed by atoms with van der Waals surface area (Å²) in [5.41, 5.74) is 6.10. The molecule has 0 saturated carbocycles. The molecule has 7 heteroatoms. The van der Waals surface area contributed by atoms with Gasteiger partial charge in [-0.25, -0.2) is 0 Å². The van der Waals surface area contributed by atoms with Gasteiger partial charge in [-0.05, 0) is 30.1 Å². The monoisotopic (exact) mass is 318 g/mol. The van der Waals surface area contributed by atoms with Crippen molar-refractivity contribution in [2.24, 2.45) is 5.73 Å². The van der Waals surface area contributed by atoms with Crippen LogP contribution in [0.4, 0.5) is 5.69 Å². The van der Waals surface area contributed by atoms with Crippen molar-refractivity contribution in [1.29, 1.82) is 0 Å². The number of hydrogen-bond acceptors (Lipinski definition) is 5. The molecule has 0 bridgehead atoms. The largest absolute Gasteiger partial charge is 0.489 e. The number of hydrogen-bond donors (Lipinski definition) is 2. The average Bonchev–Trinajstić information content (AvgIpc) is 2.54. The van der Waals surface area contributed by atoms with Gasteiger partial charge in [0.1, 0.15) is 18.4 Å². The molecule has 0 fully saturated rings. The first-order valence-electron chi connectivity index (χ1n) is 7.73. The predicted molar refractivity (Wildman–Crippen MR) is 83.2 cm³/mol. The zero-order valence-corrected chi connectivity index (χ0v) is 12.1. The van der Waals surface area contributed by atoms with Crippen molar-refractivity contribution in [2.75, 3.05) is 0 Å². The van der Waals surface area contributed by atoms with E-state index in [-0.39, 0.29) is 36.5 Å². The molecule has 1 atom stereocenters. The molecule has 2 aromatic carbocycles. The van der Waals surface area contributed by atoms with E-state index in [0.717, 1.165) is 0 Å². The van der Waals surface area contributed by atoms with E-state index in [0.29, 0.717) is 11.1 Å². The Hall–Kier alpha value is -2.93. The molecule has 0 aliphatic rings. The standard InChI is InChI=1S/C16H16N2O5/c17-14(16(19)20)9-11-5-7-13(8-6-11)23-10-12-3-1-2-4-15(12)18(21)22/h1-8,14H,9-10,17H2,(H,19,20)/t14-/m0/s1/i7D,8D. The van der Waals surface area contributed by atoms with Gasteiger partial charge in [0.2, 0.25) is 0 Å². The zero-order valence-electron chi connectivity index (χ0n) is 14.1. The Morgan fingerprint density at radius 1 is 1.35 bits per heavy atom. The second kappa shape index (κ2) is 7.37. The van der Waals surface area contributed by atoms with Crippen LogP contribution >= 0.6 is 0 Å². The number of aliphatic carboxylic acids is 1. The number of nitro benzene ring substituents is 1. The molecule has 7 nitrogen and oxygen atoms in total. The second-order valence-corrected chi connectivity index (χ2v) is 4.80. The highest BCUT2D eigenvalue weighted by atomic mass is 16.6. The molecule has 0 heterocycles.